The number of halogens is 3. The summed E-state index contributed by atoms with van der Waals surface area (Å²) < 4.78 is 38.3. The highest BCUT2D eigenvalue weighted by Gasteiger charge is 2.24. The minimum Gasteiger partial charge on any atom is -0.454 e. The lowest BCUT2D eigenvalue weighted by Crippen LogP contribution is -2.27. The van der Waals surface area contributed by atoms with E-state index in [4.69, 9.17) is 44.3 Å². The molecule has 1 unspecified atom stereocenters. The summed E-state index contributed by atoms with van der Waals surface area (Å²) in [6.07, 6.45) is 0. The van der Waals surface area contributed by atoms with Crippen molar-refractivity contribution in [1.29, 1.82) is 0 Å². The van der Waals surface area contributed by atoms with Gasteiger partial charge in [0.25, 0.3) is 0 Å². The fourth-order valence-electron chi connectivity index (χ4n) is 2.26. The zero-order valence-electron chi connectivity index (χ0n) is 12.3. The van der Waals surface area contributed by atoms with Gasteiger partial charge in [0.1, 0.15) is 4.90 Å². The van der Waals surface area contributed by atoms with E-state index in [0.29, 0.717) is 11.5 Å². The van der Waals surface area contributed by atoms with Crippen LogP contribution in [0.3, 0.4) is 0 Å². The first-order valence-electron chi connectivity index (χ1n) is 6.84. The number of ether oxygens (including phenoxy) is 2. The van der Waals surface area contributed by atoms with Crippen molar-refractivity contribution in [3.63, 3.8) is 0 Å². The first-order chi connectivity index (χ1) is 11.3. The lowest BCUT2D eigenvalue weighted by atomic mass is 10.1. The molecule has 5 nitrogen and oxygen atoms in total. The van der Waals surface area contributed by atoms with Crippen molar-refractivity contribution < 1.29 is 17.9 Å². The van der Waals surface area contributed by atoms with Crippen LogP contribution in [0.2, 0.25) is 15.1 Å². The molecule has 0 fully saturated rings. The molecule has 0 bridgehead atoms. The molecule has 0 radical (unpaired) electrons. The third-order valence-corrected chi connectivity index (χ3v) is 6.22. The lowest BCUT2D eigenvalue weighted by Gasteiger charge is -2.16. The molecule has 3 rings (SSSR count). The highest BCUT2D eigenvalue weighted by atomic mass is 35.5. The molecule has 1 atom stereocenters. The van der Waals surface area contributed by atoms with E-state index in [2.05, 4.69) is 4.72 Å². The smallest absolute Gasteiger partial charge is 0.242 e. The number of sulfonamides is 1. The molecule has 9 heteroatoms. The summed E-state index contributed by atoms with van der Waals surface area (Å²) >= 11 is 17.7. The van der Waals surface area contributed by atoms with Crippen molar-refractivity contribution in [2.24, 2.45) is 0 Å². The Hall–Kier alpha value is -1.18. The van der Waals surface area contributed by atoms with Gasteiger partial charge >= 0.3 is 0 Å². The minimum absolute atomic E-state index is 0.00483. The standard InChI is InChI=1S/C15H12Cl3NO4S/c1-8(9-2-3-13-14(4-9)23-7-22-13)19-24(20,21)15-6-11(17)10(16)5-12(15)18/h2-6,8,19H,7H2,1H3. The first-order valence-corrected chi connectivity index (χ1v) is 9.46. The zero-order valence-corrected chi connectivity index (χ0v) is 15.4. The van der Waals surface area contributed by atoms with Gasteiger partial charge in [-0.3, -0.25) is 0 Å². The second-order valence-electron chi connectivity index (χ2n) is 5.15. The molecule has 0 amide bonds. The Labute approximate surface area is 154 Å². The molecule has 1 aliphatic rings. The van der Waals surface area contributed by atoms with Gasteiger partial charge in [0.05, 0.1) is 15.1 Å². The molecule has 0 saturated heterocycles. The molecular formula is C15H12Cl3NO4S. The average Bonchev–Trinajstić information content (AvgIpc) is 2.97. The highest BCUT2D eigenvalue weighted by molar-refractivity contribution is 7.89. The van der Waals surface area contributed by atoms with Crippen LogP contribution in [-0.4, -0.2) is 15.2 Å². The predicted octanol–water partition coefficient (Wildman–Crippen LogP) is 4.42. The Balaban J connectivity index is 1.88. The molecule has 24 heavy (non-hydrogen) atoms. The lowest BCUT2D eigenvalue weighted by molar-refractivity contribution is 0.174. The van der Waals surface area contributed by atoms with Gasteiger partial charge in [0.2, 0.25) is 16.8 Å². The number of benzene rings is 2. The van der Waals surface area contributed by atoms with E-state index in [-0.39, 0.29) is 26.8 Å². The maximum atomic E-state index is 12.6. The first kappa shape index (κ1) is 17.6. The van der Waals surface area contributed by atoms with Crippen LogP contribution in [0.4, 0.5) is 0 Å². The van der Waals surface area contributed by atoms with Gasteiger partial charge in [-0.15, -0.1) is 0 Å². The Morgan fingerprint density at radius 2 is 1.67 bits per heavy atom. The average molecular weight is 409 g/mol. The molecule has 1 N–H and O–H groups in total. The Bertz CT molecular complexity index is 902. The van der Waals surface area contributed by atoms with E-state index in [9.17, 15) is 8.42 Å². The summed E-state index contributed by atoms with van der Waals surface area (Å²) in [5, 5.41) is 0.288. The number of nitrogens with one attached hydrogen (secondary N) is 1. The van der Waals surface area contributed by atoms with Gasteiger partial charge in [-0.2, -0.15) is 0 Å². The monoisotopic (exact) mass is 407 g/mol. The molecule has 2 aromatic rings. The fraction of sp³-hybridized carbons (Fsp3) is 0.200. The van der Waals surface area contributed by atoms with Gasteiger partial charge < -0.3 is 9.47 Å². The zero-order chi connectivity index (χ0) is 17.5. The van der Waals surface area contributed by atoms with Crippen molar-refractivity contribution >= 4 is 44.8 Å². The van der Waals surface area contributed by atoms with Crippen LogP contribution in [0.1, 0.15) is 18.5 Å². The predicted molar refractivity (Wildman–Crippen MR) is 92.8 cm³/mol. The molecule has 0 saturated carbocycles. The second kappa shape index (κ2) is 6.61. The summed E-state index contributed by atoms with van der Waals surface area (Å²) in [6, 6.07) is 7.22. The van der Waals surface area contributed by atoms with E-state index in [1.54, 1.807) is 25.1 Å². The third kappa shape index (κ3) is 3.43. The molecule has 0 spiro atoms. The van der Waals surface area contributed by atoms with Gasteiger partial charge in [0, 0.05) is 6.04 Å². The Morgan fingerprint density at radius 1 is 1.00 bits per heavy atom. The van der Waals surface area contributed by atoms with E-state index < -0.39 is 16.1 Å². The highest BCUT2D eigenvalue weighted by Crippen LogP contribution is 2.35. The normalized spacial score (nSPS) is 14.7. The van der Waals surface area contributed by atoms with E-state index in [0.717, 1.165) is 5.56 Å². The van der Waals surface area contributed by atoms with Crippen molar-refractivity contribution in [2.45, 2.75) is 17.9 Å². The SMILES string of the molecule is CC(NS(=O)(=O)c1cc(Cl)c(Cl)cc1Cl)c1ccc2c(c1)OCO2. The van der Waals surface area contributed by atoms with Crippen molar-refractivity contribution in [3.8, 4) is 11.5 Å². The largest absolute Gasteiger partial charge is 0.454 e. The quantitative estimate of drug-likeness (QED) is 0.761. The number of hydrogen-bond donors (Lipinski definition) is 1. The third-order valence-electron chi connectivity index (χ3n) is 3.49. The van der Waals surface area contributed by atoms with Crippen LogP contribution in [0, 0.1) is 0 Å². The topological polar surface area (TPSA) is 64.6 Å². The summed E-state index contributed by atoms with van der Waals surface area (Å²) in [5.41, 5.74) is 0.721. The number of hydrogen-bond acceptors (Lipinski definition) is 4. The molecule has 0 aliphatic carbocycles. The van der Waals surface area contributed by atoms with Crippen LogP contribution < -0.4 is 14.2 Å². The van der Waals surface area contributed by atoms with Gasteiger partial charge in [0.15, 0.2) is 11.5 Å². The van der Waals surface area contributed by atoms with Gasteiger partial charge in [-0.25, -0.2) is 13.1 Å². The molecular weight excluding hydrogens is 397 g/mol. The molecule has 0 aromatic heterocycles. The maximum Gasteiger partial charge on any atom is 0.242 e. The summed E-state index contributed by atoms with van der Waals surface area (Å²) in [5.74, 6) is 1.20. The summed E-state index contributed by atoms with van der Waals surface area (Å²) in [4.78, 5) is -0.133. The van der Waals surface area contributed by atoms with Crippen molar-refractivity contribution in [1.82, 2.24) is 4.72 Å². The summed E-state index contributed by atoms with van der Waals surface area (Å²) in [6.45, 7) is 1.86. The van der Waals surface area contributed by atoms with Crippen LogP contribution in [0.5, 0.6) is 11.5 Å². The molecule has 1 heterocycles. The molecule has 1 aliphatic heterocycles. The number of rotatable bonds is 4. The van der Waals surface area contributed by atoms with Gasteiger partial charge in [-0.05, 0) is 36.8 Å². The van der Waals surface area contributed by atoms with Crippen LogP contribution >= 0.6 is 34.8 Å². The van der Waals surface area contributed by atoms with E-state index >= 15 is 0 Å². The Kier molecular flexibility index (Phi) is 4.86. The van der Waals surface area contributed by atoms with Crippen molar-refractivity contribution in [3.05, 3.63) is 51.0 Å². The van der Waals surface area contributed by atoms with E-state index in [1.165, 1.54) is 12.1 Å². The fourth-order valence-corrected chi connectivity index (χ4v) is 4.49. The number of fused-ring (bicyclic) bond motifs is 1. The minimum atomic E-state index is -3.89. The molecule has 2 aromatic carbocycles. The van der Waals surface area contributed by atoms with E-state index in [1.807, 2.05) is 0 Å². The van der Waals surface area contributed by atoms with Crippen LogP contribution in [0.15, 0.2) is 35.2 Å². The molecule has 128 valence electrons. The summed E-state index contributed by atoms with van der Waals surface area (Å²) in [7, 11) is -3.89. The van der Waals surface area contributed by atoms with Crippen LogP contribution in [-0.2, 0) is 10.0 Å². The maximum absolute atomic E-state index is 12.6. The van der Waals surface area contributed by atoms with Gasteiger partial charge in [-0.1, -0.05) is 40.9 Å². The van der Waals surface area contributed by atoms with Crippen molar-refractivity contribution in [2.75, 3.05) is 6.79 Å². The second-order valence-corrected chi connectivity index (χ2v) is 8.06. The van der Waals surface area contributed by atoms with Crippen LogP contribution in [0.25, 0.3) is 0 Å². The Morgan fingerprint density at radius 3 is 2.42 bits per heavy atom.